The molecule has 0 aliphatic heterocycles. The van der Waals surface area contributed by atoms with Gasteiger partial charge in [-0.1, -0.05) is 24.3 Å². The van der Waals surface area contributed by atoms with Gasteiger partial charge in [0.1, 0.15) is 12.4 Å². The van der Waals surface area contributed by atoms with Crippen molar-refractivity contribution in [1.82, 2.24) is 15.0 Å². The van der Waals surface area contributed by atoms with Gasteiger partial charge in [-0.05, 0) is 19.1 Å². The standard InChI is InChI=1S/C16H16N4O/c1-2-21-10-16-19-14(9-15(17)20-16)13-8-7-11-5-3-4-6-12(11)18-13/h3-9H,2,10H2,1H3,(H2,17,19,20). The zero-order valence-corrected chi connectivity index (χ0v) is 11.8. The minimum absolute atomic E-state index is 0.349. The van der Waals surface area contributed by atoms with Gasteiger partial charge in [0.15, 0.2) is 5.82 Å². The average Bonchev–Trinajstić information content (AvgIpc) is 2.52. The zero-order valence-electron chi connectivity index (χ0n) is 11.8. The van der Waals surface area contributed by atoms with Crippen LogP contribution in [-0.2, 0) is 11.3 Å². The third kappa shape index (κ3) is 2.98. The summed E-state index contributed by atoms with van der Waals surface area (Å²) in [5.74, 6) is 0.992. The summed E-state index contributed by atoms with van der Waals surface area (Å²) < 4.78 is 5.33. The Labute approximate surface area is 122 Å². The fourth-order valence-electron chi connectivity index (χ4n) is 2.12. The second kappa shape index (κ2) is 5.85. The van der Waals surface area contributed by atoms with Crippen LogP contribution in [0.4, 0.5) is 5.82 Å². The van der Waals surface area contributed by atoms with Crippen molar-refractivity contribution >= 4 is 16.7 Å². The molecule has 5 nitrogen and oxygen atoms in total. The number of benzene rings is 1. The number of ether oxygens (including phenoxy) is 1. The molecule has 2 heterocycles. The normalized spacial score (nSPS) is 10.9. The number of para-hydroxylation sites is 1. The zero-order chi connectivity index (χ0) is 14.7. The number of pyridine rings is 1. The van der Waals surface area contributed by atoms with Crippen LogP contribution < -0.4 is 5.73 Å². The third-order valence-electron chi connectivity index (χ3n) is 3.09. The molecular formula is C16H16N4O. The summed E-state index contributed by atoms with van der Waals surface area (Å²) in [6.45, 7) is 2.89. The number of fused-ring (bicyclic) bond motifs is 1. The van der Waals surface area contributed by atoms with Gasteiger partial charge in [0.2, 0.25) is 0 Å². The summed E-state index contributed by atoms with van der Waals surface area (Å²) in [6, 6.07) is 13.7. The number of nitrogens with zero attached hydrogens (tertiary/aromatic N) is 3. The van der Waals surface area contributed by atoms with Crippen LogP contribution in [0.2, 0.25) is 0 Å². The van der Waals surface area contributed by atoms with Crippen LogP contribution >= 0.6 is 0 Å². The SMILES string of the molecule is CCOCc1nc(N)cc(-c2ccc3ccccc3n2)n1. The molecule has 106 valence electrons. The largest absolute Gasteiger partial charge is 0.384 e. The molecule has 1 aromatic carbocycles. The lowest BCUT2D eigenvalue weighted by molar-refractivity contribution is 0.128. The van der Waals surface area contributed by atoms with Crippen LogP contribution in [0, 0.1) is 0 Å². The van der Waals surface area contributed by atoms with Crippen molar-refractivity contribution < 1.29 is 4.74 Å². The number of hydrogen-bond acceptors (Lipinski definition) is 5. The van der Waals surface area contributed by atoms with Crippen LogP contribution in [0.15, 0.2) is 42.5 Å². The van der Waals surface area contributed by atoms with E-state index in [0.29, 0.717) is 30.5 Å². The van der Waals surface area contributed by atoms with Crippen molar-refractivity contribution in [3.63, 3.8) is 0 Å². The minimum Gasteiger partial charge on any atom is -0.384 e. The first-order valence-electron chi connectivity index (χ1n) is 6.83. The van der Waals surface area contributed by atoms with E-state index in [4.69, 9.17) is 10.5 Å². The van der Waals surface area contributed by atoms with Gasteiger partial charge in [-0.2, -0.15) is 0 Å². The monoisotopic (exact) mass is 280 g/mol. The number of nitrogens with two attached hydrogens (primary N) is 1. The van der Waals surface area contributed by atoms with Crippen molar-refractivity contribution in [2.45, 2.75) is 13.5 Å². The fourth-order valence-corrected chi connectivity index (χ4v) is 2.12. The Hall–Kier alpha value is -2.53. The molecule has 0 aliphatic rings. The molecule has 2 N–H and O–H groups in total. The first-order chi connectivity index (χ1) is 10.3. The number of rotatable bonds is 4. The molecular weight excluding hydrogens is 264 g/mol. The van der Waals surface area contributed by atoms with Gasteiger partial charge in [0.05, 0.1) is 16.9 Å². The lowest BCUT2D eigenvalue weighted by Gasteiger charge is -2.06. The second-order valence-corrected chi connectivity index (χ2v) is 4.62. The summed E-state index contributed by atoms with van der Waals surface area (Å²) >= 11 is 0. The molecule has 3 aromatic rings. The maximum Gasteiger partial charge on any atom is 0.157 e. The van der Waals surface area contributed by atoms with E-state index in [0.717, 1.165) is 16.6 Å². The molecule has 0 amide bonds. The predicted octanol–water partition coefficient (Wildman–Crippen LogP) is 2.81. The van der Waals surface area contributed by atoms with Gasteiger partial charge >= 0.3 is 0 Å². The number of hydrogen-bond donors (Lipinski definition) is 1. The van der Waals surface area contributed by atoms with Gasteiger partial charge in [0.25, 0.3) is 0 Å². The Kier molecular flexibility index (Phi) is 3.75. The number of aromatic nitrogens is 3. The van der Waals surface area contributed by atoms with Gasteiger partial charge < -0.3 is 10.5 Å². The highest BCUT2D eigenvalue weighted by atomic mass is 16.5. The van der Waals surface area contributed by atoms with Crippen molar-refractivity contribution in [3.8, 4) is 11.4 Å². The highest BCUT2D eigenvalue weighted by Crippen LogP contribution is 2.20. The topological polar surface area (TPSA) is 73.9 Å². The summed E-state index contributed by atoms with van der Waals surface area (Å²) in [4.78, 5) is 13.3. The molecule has 2 aromatic heterocycles. The quantitative estimate of drug-likeness (QED) is 0.795. The van der Waals surface area contributed by atoms with Gasteiger partial charge in [0, 0.05) is 18.1 Å². The van der Waals surface area contributed by atoms with E-state index in [1.807, 2.05) is 43.3 Å². The fraction of sp³-hybridized carbons (Fsp3) is 0.188. The Morgan fingerprint density at radius 1 is 1.00 bits per heavy atom. The lowest BCUT2D eigenvalue weighted by Crippen LogP contribution is -2.04. The summed E-state index contributed by atoms with van der Waals surface area (Å²) in [6.07, 6.45) is 0. The molecule has 0 unspecified atom stereocenters. The van der Waals surface area contributed by atoms with Crippen molar-refractivity contribution in [2.75, 3.05) is 12.3 Å². The summed E-state index contributed by atoms with van der Waals surface area (Å²) in [5.41, 5.74) is 8.27. The van der Waals surface area contributed by atoms with Crippen LogP contribution in [0.1, 0.15) is 12.7 Å². The summed E-state index contributed by atoms with van der Waals surface area (Å²) in [5, 5.41) is 1.10. The molecule has 0 saturated heterocycles. The highest BCUT2D eigenvalue weighted by molar-refractivity contribution is 5.81. The van der Waals surface area contributed by atoms with E-state index in [-0.39, 0.29) is 0 Å². The Balaban J connectivity index is 2.02. The average molecular weight is 280 g/mol. The van der Waals surface area contributed by atoms with E-state index < -0.39 is 0 Å². The molecule has 5 heteroatoms. The molecule has 21 heavy (non-hydrogen) atoms. The van der Waals surface area contributed by atoms with Crippen molar-refractivity contribution in [2.24, 2.45) is 0 Å². The van der Waals surface area contributed by atoms with E-state index in [1.54, 1.807) is 6.07 Å². The number of anilines is 1. The van der Waals surface area contributed by atoms with Crippen LogP contribution in [0.5, 0.6) is 0 Å². The molecule has 0 spiro atoms. The molecule has 3 rings (SSSR count). The van der Waals surface area contributed by atoms with E-state index in [1.165, 1.54) is 0 Å². The van der Waals surface area contributed by atoms with Crippen LogP contribution in [-0.4, -0.2) is 21.6 Å². The maximum absolute atomic E-state index is 5.85. The molecule has 0 atom stereocenters. The minimum atomic E-state index is 0.349. The first-order valence-corrected chi connectivity index (χ1v) is 6.83. The van der Waals surface area contributed by atoms with Crippen LogP contribution in [0.3, 0.4) is 0 Å². The van der Waals surface area contributed by atoms with E-state index in [2.05, 4.69) is 15.0 Å². The van der Waals surface area contributed by atoms with Crippen LogP contribution in [0.25, 0.3) is 22.3 Å². The Bertz CT molecular complexity index is 773. The lowest BCUT2D eigenvalue weighted by atomic mass is 10.2. The molecule has 0 aliphatic carbocycles. The van der Waals surface area contributed by atoms with E-state index in [9.17, 15) is 0 Å². The smallest absolute Gasteiger partial charge is 0.157 e. The highest BCUT2D eigenvalue weighted by Gasteiger charge is 2.07. The molecule has 0 saturated carbocycles. The predicted molar refractivity (Wildman–Crippen MR) is 82.5 cm³/mol. The van der Waals surface area contributed by atoms with Crippen molar-refractivity contribution in [3.05, 3.63) is 48.3 Å². The third-order valence-corrected chi connectivity index (χ3v) is 3.09. The summed E-state index contributed by atoms with van der Waals surface area (Å²) in [7, 11) is 0. The van der Waals surface area contributed by atoms with Crippen molar-refractivity contribution in [1.29, 1.82) is 0 Å². The van der Waals surface area contributed by atoms with E-state index >= 15 is 0 Å². The molecule has 0 fully saturated rings. The second-order valence-electron chi connectivity index (χ2n) is 4.62. The Morgan fingerprint density at radius 3 is 2.71 bits per heavy atom. The van der Waals surface area contributed by atoms with Gasteiger partial charge in [-0.3, -0.25) is 0 Å². The molecule has 0 radical (unpaired) electrons. The molecule has 0 bridgehead atoms. The van der Waals surface area contributed by atoms with Gasteiger partial charge in [-0.25, -0.2) is 15.0 Å². The first kappa shape index (κ1) is 13.5. The Morgan fingerprint density at radius 2 is 1.86 bits per heavy atom. The van der Waals surface area contributed by atoms with Gasteiger partial charge in [-0.15, -0.1) is 0 Å². The maximum atomic E-state index is 5.85. The number of nitrogen functional groups attached to an aromatic ring is 1.